The summed E-state index contributed by atoms with van der Waals surface area (Å²) in [5.41, 5.74) is 3.19. The molecule has 1 amide bonds. The molecule has 150 valence electrons. The highest BCUT2D eigenvalue weighted by molar-refractivity contribution is 7.21. The molecule has 0 aliphatic rings. The van der Waals surface area contributed by atoms with Crippen molar-refractivity contribution in [2.75, 3.05) is 17.2 Å². The summed E-state index contributed by atoms with van der Waals surface area (Å²) in [7, 11) is 0. The number of nitrogens with zero attached hydrogens (tertiary/aromatic N) is 3. The molecule has 2 aromatic carbocycles. The summed E-state index contributed by atoms with van der Waals surface area (Å²) < 4.78 is 0. The first kappa shape index (κ1) is 19.7. The summed E-state index contributed by atoms with van der Waals surface area (Å²) in [5.74, 6) is 0.311. The van der Waals surface area contributed by atoms with Crippen molar-refractivity contribution in [2.45, 2.75) is 6.04 Å². The smallest absolute Gasteiger partial charge is 0.247 e. The predicted octanol–water partition coefficient (Wildman–Crippen LogP) is 4.02. The minimum Gasteiger partial charge on any atom is -0.394 e. The second-order valence-electron chi connectivity index (χ2n) is 6.46. The van der Waals surface area contributed by atoms with Gasteiger partial charge in [0.05, 0.1) is 12.6 Å². The van der Waals surface area contributed by atoms with Gasteiger partial charge in [-0.25, -0.2) is 15.0 Å². The molecule has 2 heterocycles. The third-order valence-electron chi connectivity index (χ3n) is 4.48. The molecular weight excluding hydrogens is 398 g/mol. The van der Waals surface area contributed by atoms with Crippen LogP contribution in [0.3, 0.4) is 0 Å². The van der Waals surface area contributed by atoms with Gasteiger partial charge in [0.2, 0.25) is 5.91 Å². The summed E-state index contributed by atoms with van der Waals surface area (Å²) in [6, 6.07) is 16.8. The molecule has 0 aliphatic carbocycles. The maximum Gasteiger partial charge on any atom is 0.247 e. The first-order valence-corrected chi connectivity index (χ1v) is 10.1. The Morgan fingerprint density at radius 3 is 2.60 bits per heavy atom. The highest BCUT2D eigenvalue weighted by Crippen LogP contribution is 2.33. The van der Waals surface area contributed by atoms with E-state index < -0.39 is 0 Å². The van der Waals surface area contributed by atoms with E-state index in [1.54, 1.807) is 0 Å². The lowest BCUT2D eigenvalue weighted by molar-refractivity contribution is -0.111. The van der Waals surface area contributed by atoms with E-state index in [0.717, 1.165) is 21.0 Å². The predicted molar refractivity (Wildman–Crippen MR) is 119 cm³/mol. The number of rotatable bonds is 7. The average molecular weight is 417 g/mol. The maximum atomic E-state index is 11.4. The fourth-order valence-corrected chi connectivity index (χ4v) is 3.87. The standard InChI is InChI=1S/C22H19N5O2S/c1-2-18(29)25-16-10-8-15(9-11-16)21-27-19-20(23-13-24-22(19)30-21)26-17(12-28)14-6-4-3-5-7-14/h2-11,13,17,28H,1,12H2,(H,25,29)(H,23,24,26). The minimum atomic E-state index is -0.304. The van der Waals surface area contributed by atoms with Crippen LogP contribution in [0, 0.1) is 0 Å². The molecule has 0 aliphatic heterocycles. The Morgan fingerprint density at radius 2 is 1.90 bits per heavy atom. The maximum absolute atomic E-state index is 11.4. The zero-order valence-electron chi connectivity index (χ0n) is 15.9. The number of aliphatic hydroxyl groups excluding tert-OH is 1. The zero-order chi connectivity index (χ0) is 20.9. The van der Waals surface area contributed by atoms with Crippen LogP contribution in [0.25, 0.3) is 20.9 Å². The molecule has 0 saturated carbocycles. The number of anilines is 2. The average Bonchev–Trinajstić information content (AvgIpc) is 3.23. The number of aliphatic hydroxyl groups is 1. The quantitative estimate of drug-likeness (QED) is 0.393. The molecule has 7 nitrogen and oxygen atoms in total. The number of aromatic nitrogens is 3. The van der Waals surface area contributed by atoms with E-state index >= 15 is 0 Å². The van der Waals surface area contributed by atoms with Gasteiger partial charge < -0.3 is 15.7 Å². The molecule has 0 spiro atoms. The highest BCUT2D eigenvalue weighted by atomic mass is 32.1. The Hall–Kier alpha value is -3.62. The SMILES string of the molecule is C=CC(=O)Nc1ccc(-c2nc3c(NC(CO)c4ccccc4)ncnc3s2)cc1. The van der Waals surface area contributed by atoms with Crippen molar-refractivity contribution in [3.63, 3.8) is 0 Å². The van der Waals surface area contributed by atoms with Gasteiger partial charge in [-0.3, -0.25) is 4.79 Å². The van der Waals surface area contributed by atoms with Crippen molar-refractivity contribution in [3.05, 3.63) is 79.1 Å². The molecule has 1 atom stereocenters. The van der Waals surface area contributed by atoms with E-state index in [4.69, 9.17) is 4.98 Å². The Kier molecular flexibility index (Phi) is 5.78. The first-order chi connectivity index (χ1) is 14.7. The van der Waals surface area contributed by atoms with E-state index in [2.05, 4.69) is 27.2 Å². The van der Waals surface area contributed by atoms with Gasteiger partial charge in [-0.15, -0.1) is 0 Å². The van der Waals surface area contributed by atoms with Gasteiger partial charge in [0.15, 0.2) is 5.82 Å². The van der Waals surface area contributed by atoms with Gasteiger partial charge in [0, 0.05) is 11.3 Å². The largest absolute Gasteiger partial charge is 0.394 e. The number of thiazole rings is 1. The molecule has 30 heavy (non-hydrogen) atoms. The van der Waals surface area contributed by atoms with Crippen LogP contribution in [0.4, 0.5) is 11.5 Å². The Labute approximate surface area is 177 Å². The van der Waals surface area contributed by atoms with Crippen LogP contribution in [0.5, 0.6) is 0 Å². The van der Waals surface area contributed by atoms with Crippen molar-refractivity contribution < 1.29 is 9.90 Å². The number of carbonyl (C=O) groups excluding carboxylic acids is 1. The Balaban J connectivity index is 1.62. The normalized spacial score (nSPS) is 11.8. The van der Waals surface area contributed by atoms with Crippen LogP contribution in [0.15, 0.2) is 73.6 Å². The van der Waals surface area contributed by atoms with E-state index in [9.17, 15) is 9.90 Å². The number of amides is 1. The molecular formula is C22H19N5O2S. The topological polar surface area (TPSA) is 100 Å². The zero-order valence-corrected chi connectivity index (χ0v) is 16.8. The van der Waals surface area contributed by atoms with Crippen LogP contribution in [0.2, 0.25) is 0 Å². The Bertz CT molecular complexity index is 1180. The molecule has 3 N–H and O–H groups in total. The number of carbonyl (C=O) groups is 1. The van der Waals surface area contributed by atoms with Crippen molar-refractivity contribution in [1.82, 2.24) is 15.0 Å². The first-order valence-electron chi connectivity index (χ1n) is 9.25. The van der Waals surface area contributed by atoms with Crippen LogP contribution in [-0.2, 0) is 4.79 Å². The minimum absolute atomic E-state index is 0.0790. The van der Waals surface area contributed by atoms with Crippen molar-refractivity contribution >= 4 is 39.1 Å². The van der Waals surface area contributed by atoms with Crippen LogP contribution < -0.4 is 10.6 Å². The lowest BCUT2D eigenvalue weighted by Gasteiger charge is -2.17. The van der Waals surface area contributed by atoms with Crippen LogP contribution in [0.1, 0.15) is 11.6 Å². The number of hydrogen-bond donors (Lipinski definition) is 3. The summed E-state index contributed by atoms with van der Waals surface area (Å²) in [4.78, 5) is 25.6. The van der Waals surface area contributed by atoms with Crippen molar-refractivity contribution in [1.29, 1.82) is 0 Å². The van der Waals surface area contributed by atoms with Gasteiger partial charge in [-0.1, -0.05) is 48.2 Å². The molecule has 0 bridgehead atoms. The molecule has 8 heteroatoms. The summed E-state index contributed by atoms with van der Waals surface area (Å²) >= 11 is 1.45. The summed E-state index contributed by atoms with van der Waals surface area (Å²) in [6.45, 7) is 3.37. The molecule has 2 aromatic heterocycles. The van der Waals surface area contributed by atoms with Gasteiger partial charge >= 0.3 is 0 Å². The monoisotopic (exact) mass is 417 g/mol. The number of nitrogens with one attached hydrogen (secondary N) is 2. The number of hydrogen-bond acceptors (Lipinski definition) is 7. The Morgan fingerprint density at radius 1 is 1.13 bits per heavy atom. The fourth-order valence-electron chi connectivity index (χ4n) is 2.96. The third kappa shape index (κ3) is 4.19. The summed E-state index contributed by atoms with van der Waals surface area (Å²) in [5, 5.41) is 16.6. The molecule has 0 saturated heterocycles. The molecule has 0 fully saturated rings. The lowest BCUT2D eigenvalue weighted by atomic mass is 10.1. The van der Waals surface area contributed by atoms with E-state index in [-0.39, 0.29) is 18.6 Å². The van der Waals surface area contributed by atoms with Gasteiger partial charge in [-0.05, 0) is 35.9 Å². The molecule has 1 unspecified atom stereocenters. The summed E-state index contributed by atoms with van der Waals surface area (Å²) in [6.07, 6.45) is 2.71. The highest BCUT2D eigenvalue weighted by Gasteiger charge is 2.16. The molecule has 0 radical (unpaired) electrons. The van der Waals surface area contributed by atoms with Crippen molar-refractivity contribution in [2.24, 2.45) is 0 Å². The van der Waals surface area contributed by atoms with Crippen LogP contribution >= 0.6 is 11.3 Å². The molecule has 4 rings (SSSR count). The van der Waals surface area contributed by atoms with E-state index in [1.807, 2.05) is 54.6 Å². The van der Waals surface area contributed by atoms with Crippen molar-refractivity contribution in [3.8, 4) is 10.6 Å². The van der Waals surface area contributed by atoms with E-state index in [0.29, 0.717) is 17.0 Å². The number of fused-ring (bicyclic) bond motifs is 1. The second-order valence-corrected chi connectivity index (χ2v) is 7.43. The second kappa shape index (κ2) is 8.81. The van der Waals surface area contributed by atoms with Gasteiger partial charge in [0.1, 0.15) is 21.7 Å². The fraction of sp³-hybridized carbons (Fsp3) is 0.0909. The lowest BCUT2D eigenvalue weighted by Crippen LogP contribution is -2.15. The van der Waals surface area contributed by atoms with Gasteiger partial charge in [-0.2, -0.15) is 0 Å². The van der Waals surface area contributed by atoms with Crippen LogP contribution in [-0.4, -0.2) is 32.6 Å². The van der Waals surface area contributed by atoms with E-state index in [1.165, 1.54) is 23.7 Å². The molecule has 4 aromatic rings. The third-order valence-corrected chi connectivity index (χ3v) is 5.49. The number of benzene rings is 2. The van der Waals surface area contributed by atoms with Gasteiger partial charge in [0.25, 0.3) is 0 Å².